The number of hydrogen-bond donors (Lipinski definition) is 2. The lowest BCUT2D eigenvalue weighted by Gasteiger charge is -2.06. The molecule has 0 saturated heterocycles. The predicted octanol–water partition coefficient (Wildman–Crippen LogP) is 2.24. The standard InChI is InChI=1S/C15H8ClN3O3S/c16-7-3-4-8-9(6-7)17-12-11(13(8)20)15(22)19(18-14(12)21)10-2-1-5-23-10/h1-6H,(H,17,20)(H,18,21). The Morgan fingerprint density at radius 3 is 2.70 bits per heavy atom. The van der Waals surface area contributed by atoms with Crippen LogP contribution in [0.3, 0.4) is 0 Å². The summed E-state index contributed by atoms with van der Waals surface area (Å²) in [6.45, 7) is 0. The van der Waals surface area contributed by atoms with Crippen molar-refractivity contribution in [3.63, 3.8) is 0 Å². The first kappa shape index (κ1) is 14.0. The Bertz CT molecular complexity index is 1240. The lowest BCUT2D eigenvalue weighted by Crippen LogP contribution is -2.32. The Kier molecular flexibility index (Phi) is 3.00. The molecule has 3 aromatic heterocycles. The van der Waals surface area contributed by atoms with Crippen LogP contribution in [0.4, 0.5) is 0 Å². The molecule has 0 aliphatic rings. The monoisotopic (exact) mass is 345 g/mol. The van der Waals surface area contributed by atoms with Gasteiger partial charge in [-0.25, -0.2) is 4.68 Å². The zero-order valence-corrected chi connectivity index (χ0v) is 13.0. The number of pyridine rings is 1. The van der Waals surface area contributed by atoms with Crippen LogP contribution in [0.25, 0.3) is 26.8 Å². The fourth-order valence-corrected chi connectivity index (χ4v) is 3.37. The fourth-order valence-electron chi connectivity index (χ4n) is 2.51. The molecule has 1 aromatic carbocycles. The maximum Gasteiger partial charge on any atom is 0.287 e. The third kappa shape index (κ3) is 2.05. The van der Waals surface area contributed by atoms with Gasteiger partial charge in [0.05, 0.1) is 5.52 Å². The normalized spacial score (nSPS) is 11.3. The number of nitrogens with one attached hydrogen (secondary N) is 2. The summed E-state index contributed by atoms with van der Waals surface area (Å²) in [6, 6.07) is 8.08. The van der Waals surface area contributed by atoms with Gasteiger partial charge in [0.2, 0.25) is 5.43 Å². The second kappa shape index (κ2) is 4.94. The summed E-state index contributed by atoms with van der Waals surface area (Å²) in [5.74, 6) is 0. The molecule has 0 amide bonds. The van der Waals surface area contributed by atoms with Crippen LogP contribution >= 0.6 is 22.9 Å². The Balaban J connectivity index is 2.25. The number of halogens is 1. The molecule has 3 heterocycles. The molecular formula is C15H8ClN3O3S. The Hall–Kier alpha value is -2.64. The molecule has 0 aliphatic carbocycles. The van der Waals surface area contributed by atoms with Gasteiger partial charge in [-0.2, -0.15) is 0 Å². The summed E-state index contributed by atoms with van der Waals surface area (Å²) in [5.41, 5.74) is -1.25. The lowest BCUT2D eigenvalue weighted by atomic mass is 10.1. The maximum absolute atomic E-state index is 12.7. The van der Waals surface area contributed by atoms with Crippen LogP contribution in [0, 0.1) is 0 Å². The fraction of sp³-hybridized carbons (Fsp3) is 0. The van der Waals surface area contributed by atoms with Crippen molar-refractivity contribution in [2.45, 2.75) is 0 Å². The van der Waals surface area contributed by atoms with Crippen molar-refractivity contribution in [1.29, 1.82) is 0 Å². The Morgan fingerprint density at radius 1 is 1.13 bits per heavy atom. The van der Waals surface area contributed by atoms with Crippen LogP contribution in [-0.4, -0.2) is 14.8 Å². The molecule has 0 bridgehead atoms. The zero-order chi connectivity index (χ0) is 16.1. The first-order valence-corrected chi connectivity index (χ1v) is 7.86. The number of benzene rings is 1. The van der Waals surface area contributed by atoms with Gasteiger partial charge in [0.1, 0.15) is 15.9 Å². The van der Waals surface area contributed by atoms with Gasteiger partial charge in [0, 0.05) is 10.4 Å². The minimum Gasteiger partial charge on any atom is -0.350 e. The molecule has 0 fully saturated rings. The minimum absolute atomic E-state index is 0.0532. The van der Waals surface area contributed by atoms with Gasteiger partial charge in [-0.3, -0.25) is 19.5 Å². The van der Waals surface area contributed by atoms with Gasteiger partial charge in [0.15, 0.2) is 0 Å². The molecule has 23 heavy (non-hydrogen) atoms. The lowest BCUT2D eigenvalue weighted by molar-refractivity contribution is 0.812. The van der Waals surface area contributed by atoms with Crippen LogP contribution in [0.15, 0.2) is 50.1 Å². The molecule has 0 spiro atoms. The van der Waals surface area contributed by atoms with Crippen molar-refractivity contribution in [3.8, 4) is 5.00 Å². The van der Waals surface area contributed by atoms with E-state index in [0.29, 0.717) is 20.9 Å². The van der Waals surface area contributed by atoms with Crippen molar-refractivity contribution in [1.82, 2.24) is 14.8 Å². The largest absolute Gasteiger partial charge is 0.350 e. The minimum atomic E-state index is -0.569. The van der Waals surface area contributed by atoms with Crippen molar-refractivity contribution >= 4 is 44.7 Å². The van der Waals surface area contributed by atoms with E-state index in [9.17, 15) is 14.4 Å². The zero-order valence-electron chi connectivity index (χ0n) is 11.4. The number of nitrogens with zero attached hydrogens (tertiary/aromatic N) is 1. The number of H-pyrrole nitrogens is 2. The van der Waals surface area contributed by atoms with Crippen molar-refractivity contribution in [3.05, 3.63) is 71.7 Å². The number of aromatic nitrogens is 3. The van der Waals surface area contributed by atoms with Crippen molar-refractivity contribution in [2.24, 2.45) is 0 Å². The van der Waals surface area contributed by atoms with Gasteiger partial charge >= 0.3 is 0 Å². The highest BCUT2D eigenvalue weighted by molar-refractivity contribution is 7.12. The van der Waals surface area contributed by atoms with Crippen molar-refractivity contribution < 1.29 is 0 Å². The van der Waals surface area contributed by atoms with E-state index >= 15 is 0 Å². The SMILES string of the molecule is O=c1[nH]n(-c2cccs2)c(=O)c2c(=O)c3ccc(Cl)cc3[nH]c12. The summed E-state index contributed by atoms with van der Waals surface area (Å²) in [6.07, 6.45) is 0. The molecule has 0 saturated carbocycles. The van der Waals surface area contributed by atoms with Gasteiger partial charge in [0.25, 0.3) is 11.1 Å². The average Bonchev–Trinajstić information content (AvgIpc) is 3.04. The van der Waals surface area contributed by atoms with Gasteiger partial charge < -0.3 is 4.98 Å². The van der Waals surface area contributed by atoms with E-state index in [4.69, 9.17) is 11.6 Å². The molecule has 114 valence electrons. The van der Waals surface area contributed by atoms with Gasteiger partial charge in [-0.05, 0) is 35.7 Å². The Morgan fingerprint density at radius 2 is 1.96 bits per heavy atom. The smallest absolute Gasteiger partial charge is 0.287 e. The van der Waals surface area contributed by atoms with Crippen LogP contribution in [0.5, 0.6) is 0 Å². The van der Waals surface area contributed by atoms with E-state index in [1.54, 1.807) is 29.6 Å². The second-order valence-corrected chi connectivity index (χ2v) is 6.29. The predicted molar refractivity (Wildman–Crippen MR) is 91.2 cm³/mol. The summed E-state index contributed by atoms with van der Waals surface area (Å²) in [7, 11) is 0. The highest BCUT2D eigenvalue weighted by Crippen LogP contribution is 2.17. The Labute approximate surface area is 136 Å². The van der Waals surface area contributed by atoms with E-state index < -0.39 is 16.5 Å². The molecule has 6 nitrogen and oxygen atoms in total. The molecule has 0 unspecified atom stereocenters. The van der Waals surface area contributed by atoms with E-state index in [-0.39, 0.29) is 10.9 Å². The van der Waals surface area contributed by atoms with E-state index in [1.165, 1.54) is 17.4 Å². The van der Waals surface area contributed by atoms with Crippen molar-refractivity contribution in [2.75, 3.05) is 0 Å². The topological polar surface area (TPSA) is 87.7 Å². The summed E-state index contributed by atoms with van der Waals surface area (Å²) >= 11 is 7.20. The number of thiophene rings is 1. The molecule has 2 N–H and O–H groups in total. The molecule has 4 rings (SSSR count). The summed E-state index contributed by atoms with van der Waals surface area (Å²) in [4.78, 5) is 40.5. The number of hydrogen-bond acceptors (Lipinski definition) is 4. The molecule has 8 heteroatoms. The molecule has 4 aromatic rings. The van der Waals surface area contributed by atoms with Crippen LogP contribution in [-0.2, 0) is 0 Å². The first-order chi connectivity index (χ1) is 11.1. The quantitative estimate of drug-likeness (QED) is 0.518. The molecule has 0 atom stereocenters. The van der Waals surface area contributed by atoms with E-state index in [0.717, 1.165) is 4.68 Å². The molecule has 0 radical (unpaired) electrons. The summed E-state index contributed by atoms with van der Waals surface area (Å²) < 4.78 is 1.09. The van der Waals surface area contributed by atoms with E-state index in [1.807, 2.05) is 0 Å². The molecular weight excluding hydrogens is 338 g/mol. The number of aromatic amines is 2. The van der Waals surface area contributed by atoms with Crippen LogP contribution in [0.1, 0.15) is 0 Å². The van der Waals surface area contributed by atoms with Gasteiger partial charge in [-0.15, -0.1) is 11.3 Å². The molecule has 0 aliphatic heterocycles. The third-order valence-electron chi connectivity index (χ3n) is 3.55. The first-order valence-electron chi connectivity index (χ1n) is 6.61. The highest BCUT2D eigenvalue weighted by atomic mass is 35.5. The third-order valence-corrected chi connectivity index (χ3v) is 4.64. The van der Waals surface area contributed by atoms with Crippen LogP contribution < -0.4 is 16.5 Å². The van der Waals surface area contributed by atoms with Crippen LogP contribution in [0.2, 0.25) is 5.02 Å². The average molecular weight is 346 g/mol. The second-order valence-electron chi connectivity index (χ2n) is 4.93. The van der Waals surface area contributed by atoms with Gasteiger partial charge in [-0.1, -0.05) is 11.6 Å². The number of rotatable bonds is 1. The summed E-state index contributed by atoms with van der Waals surface area (Å²) in [5, 5.41) is 5.36. The maximum atomic E-state index is 12.7. The van der Waals surface area contributed by atoms with E-state index in [2.05, 4.69) is 10.1 Å². The number of fused-ring (bicyclic) bond motifs is 2. The highest BCUT2D eigenvalue weighted by Gasteiger charge is 2.15.